The van der Waals surface area contributed by atoms with Gasteiger partial charge in [-0.25, -0.2) is 0 Å². The first-order valence-corrected chi connectivity index (χ1v) is 4.97. The van der Waals surface area contributed by atoms with Gasteiger partial charge < -0.3 is 4.90 Å². The van der Waals surface area contributed by atoms with E-state index in [0.29, 0.717) is 0 Å². The Morgan fingerprint density at radius 2 is 1.67 bits per heavy atom. The fraction of sp³-hybridized carbons (Fsp3) is 0.143. The van der Waals surface area contributed by atoms with E-state index in [1.165, 1.54) is 11.3 Å². The molecule has 0 fully saturated rings. The first-order valence-electron chi connectivity index (χ1n) is 4.97. The molecule has 0 aliphatic heterocycles. The third kappa shape index (κ3) is 3.86. The van der Waals surface area contributed by atoms with Crippen LogP contribution in [0.2, 0.25) is 0 Å². The molecule has 0 atom stereocenters. The lowest BCUT2D eigenvalue weighted by Gasteiger charge is -2.11. The van der Waals surface area contributed by atoms with Crippen molar-refractivity contribution in [1.29, 1.82) is 0 Å². The van der Waals surface area contributed by atoms with Gasteiger partial charge in [0.1, 0.15) is 0 Å². The van der Waals surface area contributed by atoms with Gasteiger partial charge in [0.15, 0.2) is 0 Å². The number of hydrogen-bond donors (Lipinski definition) is 0. The fourth-order valence-corrected chi connectivity index (χ4v) is 1.19. The standard InChI is InChI=1S/C14H17N/c1-4-5-6-7-8-13-9-11-14(12-10-13)15(2)3/h4-12H,1H2,2-3H3. The van der Waals surface area contributed by atoms with Crippen LogP contribution < -0.4 is 4.90 Å². The van der Waals surface area contributed by atoms with E-state index < -0.39 is 0 Å². The smallest absolute Gasteiger partial charge is 0.0361 e. The summed E-state index contributed by atoms with van der Waals surface area (Å²) in [5.74, 6) is 0. The molecule has 78 valence electrons. The Morgan fingerprint density at radius 1 is 1.00 bits per heavy atom. The SMILES string of the molecule is C=CC=CC=Cc1ccc(N(C)C)cc1. The Hall–Kier alpha value is -1.76. The van der Waals surface area contributed by atoms with Crippen LogP contribution in [0.1, 0.15) is 5.56 Å². The summed E-state index contributed by atoms with van der Waals surface area (Å²) in [4.78, 5) is 2.09. The van der Waals surface area contributed by atoms with Gasteiger partial charge in [0, 0.05) is 19.8 Å². The molecular weight excluding hydrogens is 182 g/mol. The quantitative estimate of drug-likeness (QED) is 0.671. The van der Waals surface area contributed by atoms with Crippen molar-refractivity contribution in [3.05, 3.63) is 60.7 Å². The van der Waals surface area contributed by atoms with Crippen molar-refractivity contribution < 1.29 is 0 Å². The first kappa shape index (κ1) is 11.3. The zero-order chi connectivity index (χ0) is 11.1. The summed E-state index contributed by atoms with van der Waals surface area (Å²) in [7, 11) is 4.08. The average Bonchev–Trinajstić information content (AvgIpc) is 2.25. The monoisotopic (exact) mass is 199 g/mol. The Bertz CT molecular complexity index is 355. The summed E-state index contributed by atoms with van der Waals surface area (Å²) in [5.41, 5.74) is 2.42. The maximum Gasteiger partial charge on any atom is 0.0361 e. The van der Waals surface area contributed by atoms with E-state index in [-0.39, 0.29) is 0 Å². The predicted octanol–water partition coefficient (Wildman–Crippen LogP) is 3.51. The van der Waals surface area contributed by atoms with E-state index in [2.05, 4.69) is 41.8 Å². The molecule has 0 saturated carbocycles. The highest BCUT2D eigenvalue weighted by Crippen LogP contribution is 2.12. The number of allylic oxidation sites excluding steroid dienone is 4. The highest BCUT2D eigenvalue weighted by molar-refractivity contribution is 5.56. The molecule has 0 aromatic heterocycles. The Labute approximate surface area is 92.0 Å². The molecule has 0 N–H and O–H groups in total. The summed E-state index contributed by atoms with van der Waals surface area (Å²) in [5, 5.41) is 0. The molecule has 0 amide bonds. The normalized spacial score (nSPS) is 11.1. The zero-order valence-electron chi connectivity index (χ0n) is 9.35. The molecule has 1 aromatic carbocycles. The Balaban J connectivity index is 2.68. The molecule has 1 rings (SSSR count). The molecular formula is C14H17N. The number of benzene rings is 1. The van der Waals surface area contributed by atoms with E-state index >= 15 is 0 Å². The summed E-state index contributed by atoms with van der Waals surface area (Å²) in [6, 6.07) is 8.43. The highest BCUT2D eigenvalue weighted by atomic mass is 15.1. The second-order valence-corrected chi connectivity index (χ2v) is 3.47. The average molecular weight is 199 g/mol. The summed E-state index contributed by atoms with van der Waals surface area (Å²) in [6.07, 6.45) is 9.71. The van der Waals surface area contributed by atoms with Crippen molar-refractivity contribution in [1.82, 2.24) is 0 Å². The van der Waals surface area contributed by atoms with Gasteiger partial charge in [0.2, 0.25) is 0 Å². The Morgan fingerprint density at radius 3 is 2.20 bits per heavy atom. The van der Waals surface area contributed by atoms with Crippen LogP contribution in [0.15, 0.2) is 55.1 Å². The lowest BCUT2D eigenvalue weighted by Crippen LogP contribution is -2.07. The van der Waals surface area contributed by atoms with Crippen LogP contribution in [0.4, 0.5) is 5.69 Å². The van der Waals surface area contributed by atoms with E-state index in [9.17, 15) is 0 Å². The number of hydrogen-bond acceptors (Lipinski definition) is 1. The fourth-order valence-electron chi connectivity index (χ4n) is 1.19. The van der Waals surface area contributed by atoms with E-state index in [1.54, 1.807) is 6.08 Å². The van der Waals surface area contributed by atoms with Gasteiger partial charge in [-0.05, 0) is 17.7 Å². The van der Waals surface area contributed by atoms with Crippen molar-refractivity contribution in [3.8, 4) is 0 Å². The van der Waals surface area contributed by atoms with E-state index in [1.807, 2.05) is 32.3 Å². The van der Waals surface area contributed by atoms with Gasteiger partial charge in [-0.1, -0.05) is 49.1 Å². The lowest BCUT2D eigenvalue weighted by atomic mass is 10.2. The molecule has 0 saturated heterocycles. The summed E-state index contributed by atoms with van der Waals surface area (Å²) in [6.45, 7) is 3.61. The molecule has 1 nitrogen and oxygen atoms in total. The van der Waals surface area contributed by atoms with E-state index in [0.717, 1.165) is 0 Å². The molecule has 0 aliphatic carbocycles. The van der Waals surface area contributed by atoms with E-state index in [4.69, 9.17) is 0 Å². The van der Waals surface area contributed by atoms with Crippen LogP contribution in [0, 0.1) is 0 Å². The number of nitrogens with zero attached hydrogens (tertiary/aromatic N) is 1. The number of anilines is 1. The van der Waals surface area contributed by atoms with Crippen LogP contribution >= 0.6 is 0 Å². The van der Waals surface area contributed by atoms with Crippen molar-refractivity contribution >= 4 is 11.8 Å². The molecule has 1 aromatic rings. The molecule has 0 radical (unpaired) electrons. The van der Waals surface area contributed by atoms with Crippen LogP contribution in [-0.4, -0.2) is 14.1 Å². The maximum atomic E-state index is 3.61. The van der Waals surface area contributed by atoms with Gasteiger partial charge in [0.05, 0.1) is 0 Å². The minimum absolute atomic E-state index is 1.20. The van der Waals surface area contributed by atoms with Crippen LogP contribution in [-0.2, 0) is 0 Å². The second kappa shape index (κ2) is 5.86. The number of rotatable bonds is 4. The summed E-state index contributed by atoms with van der Waals surface area (Å²) < 4.78 is 0. The summed E-state index contributed by atoms with van der Waals surface area (Å²) >= 11 is 0. The van der Waals surface area contributed by atoms with Crippen molar-refractivity contribution in [2.75, 3.05) is 19.0 Å². The molecule has 0 aliphatic rings. The van der Waals surface area contributed by atoms with Gasteiger partial charge in [-0.15, -0.1) is 0 Å². The second-order valence-electron chi connectivity index (χ2n) is 3.47. The third-order valence-electron chi connectivity index (χ3n) is 2.06. The minimum atomic E-state index is 1.20. The van der Waals surface area contributed by atoms with Crippen molar-refractivity contribution in [2.24, 2.45) is 0 Å². The zero-order valence-corrected chi connectivity index (χ0v) is 9.35. The van der Waals surface area contributed by atoms with Crippen molar-refractivity contribution in [2.45, 2.75) is 0 Å². The predicted molar refractivity (Wildman–Crippen MR) is 69.1 cm³/mol. The molecule has 0 unspecified atom stereocenters. The van der Waals surface area contributed by atoms with Gasteiger partial charge in [0.25, 0.3) is 0 Å². The largest absolute Gasteiger partial charge is 0.378 e. The molecule has 0 spiro atoms. The minimum Gasteiger partial charge on any atom is -0.378 e. The van der Waals surface area contributed by atoms with Gasteiger partial charge in [-0.3, -0.25) is 0 Å². The maximum absolute atomic E-state index is 3.61. The van der Waals surface area contributed by atoms with Crippen LogP contribution in [0.25, 0.3) is 6.08 Å². The molecule has 0 bridgehead atoms. The molecule has 0 heterocycles. The van der Waals surface area contributed by atoms with Crippen molar-refractivity contribution in [3.63, 3.8) is 0 Å². The molecule has 15 heavy (non-hydrogen) atoms. The van der Waals surface area contributed by atoms with Crippen LogP contribution in [0.3, 0.4) is 0 Å². The van der Waals surface area contributed by atoms with Gasteiger partial charge in [-0.2, -0.15) is 0 Å². The first-order chi connectivity index (χ1) is 7.24. The third-order valence-corrected chi connectivity index (χ3v) is 2.06. The lowest BCUT2D eigenvalue weighted by molar-refractivity contribution is 1.13. The topological polar surface area (TPSA) is 3.24 Å². The molecule has 1 heteroatoms. The highest BCUT2D eigenvalue weighted by Gasteiger charge is 1.92. The Kier molecular flexibility index (Phi) is 4.42. The van der Waals surface area contributed by atoms with Gasteiger partial charge >= 0.3 is 0 Å². The van der Waals surface area contributed by atoms with Crippen LogP contribution in [0.5, 0.6) is 0 Å².